The maximum absolute atomic E-state index is 12.8. The van der Waals surface area contributed by atoms with Crippen molar-refractivity contribution in [2.45, 2.75) is 39.0 Å². The normalized spacial score (nSPS) is 15.1. The van der Waals surface area contributed by atoms with Gasteiger partial charge in [0.2, 0.25) is 0 Å². The molecule has 1 N–H and O–H groups in total. The van der Waals surface area contributed by atoms with Gasteiger partial charge in [-0.2, -0.15) is 0 Å². The van der Waals surface area contributed by atoms with Gasteiger partial charge in [-0.15, -0.1) is 0 Å². The first-order valence-corrected chi connectivity index (χ1v) is 11.7. The van der Waals surface area contributed by atoms with Gasteiger partial charge in [0, 0.05) is 30.7 Å². The molecule has 0 aromatic heterocycles. The summed E-state index contributed by atoms with van der Waals surface area (Å²) in [5.74, 6) is -0.412. The molecule has 2 aromatic rings. The number of carbonyl (C=O) groups excluding carboxylic acids is 1. The van der Waals surface area contributed by atoms with Gasteiger partial charge in [-0.25, -0.2) is 0 Å². The summed E-state index contributed by atoms with van der Waals surface area (Å²) in [5, 5.41) is 20.1. The van der Waals surface area contributed by atoms with Gasteiger partial charge in [0.15, 0.2) is 0 Å². The topological polar surface area (TPSA) is 110 Å². The lowest BCUT2D eigenvalue weighted by atomic mass is 9.87. The Hall–Kier alpha value is -3.24. The van der Waals surface area contributed by atoms with Crippen LogP contribution in [0.4, 0.5) is 5.69 Å². The maximum atomic E-state index is 12.8. The van der Waals surface area contributed by atoms with Crippen molar-refractivity contribution < 1.29 is 24.4 Å². The van der Waals surface area contributed by atoms with Crippen molar-refractivity contribution in [3.05, 3.63) is 68.6 Å². The molecule has 1 aliphatic rings. The second-order valence-corrected chi connectivity index (χ2v) is 10.4. The average Bonchev–Trinajstić information content (AvgIpc) is 3.01. The molecule has 0 spiro atoms. The SMILES string of the molecule is CC(C)(C)c1ccc(Oc2ccc([N+](=O)[O-])cc2C=C2SC(=S)N(CCCC(=O)O)C2=O)cc1. The third-order valence-electron chi connectivity index (χ3n) is 5.08. The Kier molecular flexibility index (Phi) is 7.73. The van der Waals surface area contributed by atoms with Crippen molar-refractivity contribution in [3.8, 4) is 11.5 Å². The molecule has 0 aliphatic carbocycles. The van der Waals surface area contributed by atoms with Crippen LogP contribution in [0.2, 0.25) is 0 Å². The number of non-ortho nitro benzene ring substituents is 1. The van der Waals surface area contributed by atoms with E-state index in [4.69, 9.17) is 22.1 Å². The van der Waals surface area contributed by atoms with Gasteiger partial charge >= 0.3 is 5.97 Å². The summed E-state index contributed by atoms with van der Waals surface area (Å²) in [6, 6.07) is 11.8. The Bertz CT molecular complexity index is 1170. The average molecular weight is 501 g/mol. The number of nitrogens with zero attached hydrogens (tertiary/aromatic N) is 2. The van der Waals surface area contributed by atoms with Crippen molar-refractivity contribution in [2.75, 3.05) is 6.54 Å². The van der Waals surface area contributed by atoms with Crippen molar-refractivity contribution >= 4 is 51.9 Å². The van der Waals surface area contributed by atoms with E-state index in [0.717, 1.165) is 17.3 Å². The molecule has 1 saturated heterocycles. The van der Waals surface area contributed by atoms with Crippen LogP contribution in [-0.2, 0) is 15.0 Å². The van der Waals surface area contributed by atoms with Crippen LogP contribution in [-0.4, -0.2) is 37.7 Å². The number of hydrogen-bond acceptors (Lipinski definition) is 7. The molecule has 178 valence electrons. The van der Waals surface area contributed by atoms with Gasteiger partial charge in [0.1, 0.15) is 15.8 Å². The number of nitro benzene ring substituents is 1. The van der Waals surface area contributed by atoms with Crippen molar-refractivity contribution in [2.24, 2.45) is 0 Å². The Labute approximate surface area is 206 Å². The Morgan fingerprint density at radius 1 is 1.24 bits per heavy atom. The highest BCUT2D eigenvalue weighted by molar-refractivity contribution is 8.26. The van der Waals surface area contributed by atoms with Gasteiger partial charge in [-0.1, -0.05) is 56.9 Å². The van der Waals surface area contributed by atoms with E-state index in [0.29, 0.717) is 21.4 Å². The molecule has 2 aromatic carbocycles. The maximum Gasteiger partial charge on any atom is 0.303 e. The summed E-state index contributed by atoms with van der Waals surface area (Å²) in [6.07, 6.45) is 1.71. The van der Waals surface area contributed by atoms with Crippen LogP contribution in [0.3, 0.4) is 0 Å². The van der Waals surface area contributed by atoms with Crippen LogP contribution in [0.15, 0.2) is 47.4 Å². The number of hydrogen-bond donors (Lipinski definition) is 1. The minimum Gasteiger partial charge on any atom is -0.481 e. The van der Waals surface area contributed by atoms with Crippen LogP contribution in [0.25, 0.3) is 6.08 Å². The quantitative estimate of drug-likeness (QED) is 0.211. The van der Waals surface area contributed by atoms with Crippen molar-refractivity contribution in [1.82, 2.24) is 4.90 Å². The van der Waals surface area contributed by atoms with Crippen LogP contribution in [0, 0.1) is 10.1 Å². The third kappa shape index (κ3) is 6.21. The first-order valence-electron chi connectivity index (χ1n) is 10.5. The zero-order valence-electron chi connectivity index (χ0n) is 18.9. The van der Waals surface area contributed by atoms with Gasteiger partial charge in [-0.05, 0) is 41.7 Å². The highest BCUT2D eigenvalue weighted by atomic mass is 32.2. The summed E-state index contributed by atoms with van der Waals surface area (Å²) in [4.78, 5) is 36.0. The number of aliphatic carboxylic acids is 1. The van der Waals surface area contributed by atoms with E-state index in [1.54, 1.807) is 0 Å². The molecule has 0 unspecified atom stereocenters. The van der Waals surface area contributed by atoms with Crippen LogP contribution in [0.5, 0.6) is 11.5 Å². The Morgan fingerprint density at radius 2 is 1.91 bits per heavy atom. The molecular weight excluding hydrogens is 476 g/mol. The fourth-order valence-corrected chi connectivity index (χ4v) is 4.53. The second kappa shape index (κ2) is 10.4. The number of rotatable bonds is 8. The molecule has 10 heteroatoms. The van der Waals surface area contributed by atoms with Gasteiger partial charge in [0.25, 0.3) is 11.6 Å². The van der Waals surface area contributed by atoms with Crippen LogP contribution >= 0.6 is 24.0 Å². The minimum atomic E-state index is -0.949. The van der Waals surface area contributed by atoms with E-state index in [1.165, 1.54) is 29.2 Å². The standard InChI is InChI=1S/C24H24N2O6S2/c1-24(2,3)16-6-9-18(10-7-16)32-19-11-8-17(26(30)31)13-15(19)14-20-22(29)25(23(33)34-20)12-4-5-21(27)28/h6-11,13-14H,4-5,12H2,1-3H3,(H,27,28). The largest absolute Gasteiger partial charge is 0.481 e. The molecule has 1 amide bonds. The molecule has 1 fully saturated rings. The number of amides is 1. The highest BCUT2D eigenvalue weighted by Crippen LogP contribution is 2.37. The van der Waals surface area contributed by atoms with E-state index < -0.39 is 10.9 Å². The second-order valence-electron chi connectivity index (χ2n) is 8.69. The lowest BCUT2D eigenvalue weighted by molar-refractivity contribution is -0.384. The molecule has 0 radical (unpaired) electrons. The molecule has 34 heavy (non-hydrogen) atoms. The lowest BCUT2D eigenvalue weighted by Gasteiger charge is -2.19. The monoisotopic (exact) mass is 500 g/mol. The predicted octanol–water partition coefficient (Wildman–Crippen LogP) is 5.75. The molecule has 8 nitrogen and oxygen atoms in total. The number of carboxylic acids is 1. The number of carbonyl (C=O) groups is 2. The number of thiocarbonyl (C=S) groups is 1. The smallest absolute Gasteiger partial charge is 0.303 e. The fraction of sp³-hybridized carbons (Fsp3) is 0.292. The molecule has 1 aliphatic heterocycles. The zero-order chi connectivity index (χ0) is 25.0. The Balaban J connectivity index is 1.89. The number of carboxylic acid groups (broad SMARTS) is 1. The summed E-state index contributed by atoms with van der Waals surface area (Å²) in [6.45, 7) is 6.51. The van der Waals surface area contributed by atoms with Crippen LogP contribution < -0.4 is 4.74 Å². The fourth-order valence-electron chi connectivity index (χ4n) is 3.23. The number of nitro groups is 1. The van der Waals surface area contributed by atoms with Crippen molar-refractivity contribution in [1.29, 1.82) is 0 Å². The van der Waals surface area contributed by atoms with E-state index in [9.17, 15) is 19.7 Å². The first kappa shape index (κ1) is 25.4. The molecule has 0 saturated carbocycles. The van der Waals surface area contributed by atoms with Gasteiger partial charge in [0.05, 0.1) is 9.83 Å². The minimum absolute atomic E-state index is 0.0176. The predicted molar refractivity (Wildman–Crippen MR) is 135 cm³/mol. The molecule has 3 rings (SSSR count). The zero-order valence-corrected chi connectivity index (χ0v) is 20.6. The van der Waals surface area contributed by atoms with Gasteiger partial charge in [-0.3, -0.25) is 24.6 Å². The number of thioether (sulfide) groups is 1. The first-order chi connectivity index (χ1) is 16.0. The van der Waals surface area contributed by atoms with Gasteiger partial charge < -0.3 is 9.84 Å². The van der Waals surface area contributed by atoms with Crippen LogP contribution in [0.1, 0.15) is 44.7 Å². The molecule has 0 atom stereocenters. The summed E-state index contributed by atoms with van der Waals surface area (Å²) >= 11 is 6.34. The summed E-state index contributed by atoms with van der Waals surface area (Å²) < 4.78 is 6.32. The van der Waals surface area contributed by atoms with Crippen molar-refractivity contribution in [3.63, 3.8) is 0 Å². The number of ether oxygens (including phenoxy) is 1. The molecular formula is C24H24N2O6S2. The summed E-state index contributed by atoms with van der Waals surface area (Å²) in [7, 11) is 0. The summed E-state index contributed by atoms with van der Waals surface area (Å²) in [5.41, 5.74) is 1.34. The third-order valence-corrected chi connectivity index (χ3v) is 6.46. The molecule has 1 heterocycles. The van der Waals surface area contributed by atoms with E-state index in [2.05, 4.69) is 20.8 Å². The number of benzene rings is 2. The molecule has 0 bridgehead atoms. The van der Waals surface area contributed by atoms with E-state index in [-0.39, 0.29) is 41.3 Å². The van der Waals surface area contributed by atoms with E-state index in [1.807, 2.05) is 24.3 Å². The highest BCUT2D eigenvalue weighted by Gasteiger charge is 2.32. The lowest BCUT2D eigenvalue weighted by Crippen LogP contribution is -2.29. The van der Waals surface area contributed by atoms with E-state index >= 15 is 0 Å². The Morgan fingerprint density at radius 3 is 2.50 bits per heavy atom.